The van der Waals surface area contributed by atoms with Gasteiger partial charge in [-0.15, -0.1) is 5.10 Å². The summed E-state index contributed by atoms with van der Waals surface area (Å²) in [6, 6.07) is 17.7. The predicted molar refractivity (Wildman–Crippen MR) is 150 cm³/mol. The van der Waals surface area contributed by atoms with E-state index in [1.165, 1.54) is 5.56 Å². The third kappa shape index (κ3) is 5.93. The molecule has 2 aromatic carbocycles. The number of nitrogens with one attached hydrogen (secondary N) is 1. The topological polar surface area (TPSA) is 102 Å². The van der Waals surface area contributed by atoms with Gasteiger partial charge in [0.2, 0.25) is 0 Å². The summed E-state index contributed by atoms with van der Waals surface area (Å²) in [7, 11) is 1.65. The summed E-state index contributed by atoms with van der Waals surface area (Å²) in [4.78, 5) is 18.6. The number of aryl methyl sites for hydroxylation is 2. The lowest BCUT2D eigenvalue weighted by Crippen LogP contribution is -2.32. The van der Waals surface area contributed by atoms with Crippen molar-refractivity contribution in [1.82, 2.24) is 30.1 Å². The summed E-state index contributed by atoms with van der Waals surface area (Å²) in [6.45, 7) is 7.73. The Balaban J connectivity index is 1.51. The monoisotopic (exact) mass is 526 g/mol. The first-order chi connectivity index (χ1) is 18.9. The molecule has 0 amide bonds. The number of tetrazole rings is 1. The third-order valence-corrected chi connectivity index (χ3v) is 7.20. The van der Waals surface area contributed by atoms with E-state index in [1.54, 1.807) is 13.4 Å². The highest BCUT2D eigenvalue weighted by Crippen LogP contribution is 2.29. The molecule has 5 aromatic rings. The van der Waals surface area contributed by atoms with E-state index in [1.807, 2.05) is 53.2 Å². The Hall–Kier alpha value is -4.24. The third-order valence-electron chi connectivity index (χ3n) is 7.20. The zero-order valence-corrected chi connectivity index (χ0v) is 22.8. The Morgan fingerprint density at radius 3 is 2.59 bits per heavy atom. The lowest BCUT2D eigenvalue weighted by molar-refractivity contribution is 0.144. The van der Waals surface area contributed by atoms with Crippen molar-refractivity contribution in [3.05, 3.63) is 105 Å². The fraction of sp³-hybridized carbons (Fsp3) is 0.333. The first-order valence-corrected chi connectivity index (χ1v) is 13.2. The molecule has 0 radical (unpaired) electrons. The second-order valence-corrected chi connectivity index (χ2v) is 9.98. The van der Waals surface area contributed by atoms with Crippen molar-refractivity contribution >= 4 is 10.9 Å². The first-order valence-electron chi connectivity index (χ1n) is 13.2. The molecule has 0 aliphatic carbocycles. The van der Waals surface area contributed by atoms with Gasteiger partial charge in [0.25, 0.3) is 5.56 Å². The van der Waals surface area contributed by atoms with Crippen molar-refractivity contribution in [2.45, 2.75) is 59.3 Å². The van der Waals surface area contributed by atoms with Crippen molar-refractivity contribution < 1.29 is 9.15 Å². The molecule has 0 spiro atoms. The van der Waals surface area contributed by atoms with Gasteiger partial charge in [0.05, 0.1) is 32.5 Å². The average Bonchev–Trinajstić information content (AvgIpc) is 3.61. The van der Waals surface area contributed by atoms with Crippen molar-refractivity contribution in [3.63, 3.8) is 0 Å². The number of ether oxygens (including phenoxy) is 1. The van der Waals surface area contributed by atoms with Crippen molar-refractivity contribution in [2.75, 3.05) is 7.11 Å². The number of aromatic nitrogens is 5. The van der Waals surface area contributed by atoms with Crippen molar-refractivity contribution in [2.24, 2.45) is 0 Å². The molecule has 1 atom stereocenters. The number of nitrogens with zero attached hydrogens (tertiary/aromatic N) is 5. The molecule has 9 nitrogen and oxygen atoms in total. The van der Waals surface area contributed by atoms with Gasteiger partial charge in [0.15, 0.2) is 5.82 Å². The number of furan rings is 1. The lowest BCUT2D eigenvalue weighted by Gasteiger charge is -2.30. The highest BCUT2D eigenvalue weighted by molar-refractivity contribution is 5.80. The number of benzene rings is 2. The fourth-order valence-corrected chi connectivity index (χ4v) is 4.95. The number of rotatable bonds is 11. The lowest BCUT2D eigenvalue weighted by atomic mass is 10.0. The van der Waals surface area contributed by atoms with Crippen molar-refractivity contribution in [1.29, 1.82) is 0 Å². The summed E-state index contributed by atoms with van der Waals surface area (Å²) >= 11 is 0. The molecule has 9 heteroatoms. The minimum Gasteiger partial charge on any atom is -0.497 e. The van der Waals surface area contributed by atoms with Crippen molar-refractivity contribution in [3.8, 4) is 5.75 Å². The second-order valence-electron chi connectivity index (χ2n) is 9.98. The van der Waals surface area contributed by atoms with Gasteiger partial charge in [0.1, 0.15) is 11.5 Å². The van der Waals surface area contributed by atoms with Gasteiger partial charge in [-0.2, -0.15) is 0 Å². The Labute approximate surface area is 227 Å². The van der Waals surface area contributed by atoms with Crippen LogP contribution in [0.3, 0.4) is 0 Å². The molecular weight excluding hydrogens is 492 g/mol. The largest absolute Gasteiger partial charge is 0.497 e. The molecule has 0 aliphatic rings. The molecule has 0 aliphatic heterocycles. The molecule has 1 N–H and O–H groups in total. The maximum Gasteiger partial charge on any atom is 0.252 e. The summed E-state index contributed by atoms with van der Waals surface area (Å²) in [5, 5.41) is 13.8. The molecule has 3 heterocycles. The highest BCUT2D eigenvalue weighted by atomic mass is 16.5. The molecule has 3 aromatic heterocycles. The van der Waals surface area contributed by atoms with Crippen LogP contribution >= 0.6 is 0 Å². The predicted octanol–water partition coefficient (Wildman–Crippen LogP) is 5.32. The molecule has 0 saturated heterocycles. The SMILES string of the molecule is CCC[C@H](c1nnnn1Cc1ccc(OC)cc1)N(Cc1ccco1)Cc1cc2cc(C)c(C)cc2[nH]c1=O. The van der Waals surface area contributed by atoms with E-state index in [-0.39, 0.29) is 11.6 Å². The van der Waals surface area contributed by atoms with Crippen LogP contribution in [0.1, 0.15) is 59.6 Å². The van der Waals surface area contributed by atoms with Crippen LogP contribution in [-0.2, 0) is 19.6 Å². The van der Waals surface area contributed by atoms with Crippen LogP contribution in [-0.4, -0.2) is 37.2 Å². The van der Waals surface area contributed by atoms with Crippen LogP contribution in [0.4, 0.5) is 0 Å². The number of hydrogen-bond acceptors (Lipinski definition) is 7. The van der Waals surface area contributed by atoms with Gasteiger partial charge in [-0.1, -0.05) is 25.5 Å². The first kappa shape index (κ1) is 26.4. The standard InChI is InChI=1S/C30H34N6O3/c1-5-7-28(29-32-33-34-36(29)17-22-9-11-25(38-4)12-10-22)35(19-26-8-6-13-39-26)18-24-16-23-14-20(2)21(3)15-27(23)31-30(24)37/h6,8-16,28H,5,7,17-19H2,1-4H3,(H,31,37)/t28-/m1/s1. The zero-order valence-electron chi connectivity index (χ0n) is 22.8. The van der Waals surface area contributed by atoms with E-state index in [4.69, 9.17) is 9.15 Å². The van der Waals surface area contributed by atoms with E-state index < -0.39 is 0 Å². The van der Waals surface area contributed by atoms with E-state index >= 15 is 0 Å². The molecule has 0 unspecified atom stereocenters. The Morgan fingerprint density at radius 2 is 1.87 bits per heavy atom. The Bertz CT molecular complexity index is 1590. The average molecular weight is 527 g/mol. The van der Waals surface area contributed by atoms with Gasteiger partial charge in [-0.25, -0.2) is 4.68 Å². The molecule has 202 valence electrons. The van der Waals surface area contributed by atoms with Crippen LogP contribution < -0.4 is 10.3 Å². The number of pyridine rings is 1. The number of hydrogen-bond donors (Lipinski definition) is 1. The van der Waals surface area contributed by atoms with Gasteiger partial charge >= 0.3 is 0 Å². The minimum atomic E-state index is -0.136. The quantitative estimate of drug-likeness (QED) is 0.248. The molecular formula is C30H34N6O3. The number of methoxy groups -OCH3 is 1. The highest BCUT2D eigenvalue weighted by Gasteiger charge is 2.27. The minimum absolute atomic E-state index is 0.0942. The van der Waals surface area contributed by atoms with Crippen LogP contribution in [0.5, 0.6) is 5.75 Å². The molecule has 0 saturated carbocycles. The van der Waals surface area contributed by atoms with Gasteiger partial charge in [-0.3, -0.25) is 9.69 Å². The van der Waals surface area contributed by atoms with Crippen LogP contribution in [0, 0.1) is 13.8 Å². The second kappa shape index (κ2) is 11.7. The van der Waals surface area contributed by atoms with Gasteiger partial charge in [-0.05, 0) is 95.2 Å². The van der Waals surface area contributed by atoms with Gasteiger partial charge in [0, 0.05) is 17.6 Å². The zero-order chi connectivity index (χ0) is 27.4. The molecule has 0 fully saturated rings. The Kier molecular flexibility index (Phi) is 7.88. The summed E-state index contributed by atoms with van der Waals surface area (Å²) in [5.41, 5.74) is 4.84. The fourth-order valence-electron chi connectivity index (χ4n) is 4.95. The Morgan fingerprint density at radius 1 is 1.08 bits per heavy atom. The van der Waals surface area contributed by atoms with Crippen LogP contribution in [0.25, 0.3) is 10.9 Å². The maximum absolute atomic E-state index is 13.2. The molecule has 0 bridgehead atoms. The maximum atomic E-state index is 13.2. The molecule has 39 heavy (non-hydrogen) atoms. The van der Waals surface area contributed by atoms with E-state index in [9.17, 15) is 4.79 Å². The summed E-state index contributed by atoms with van der Waals surface area (Å²) in [5.74, 6) is 2.37. The molecule has 5 rings (SSSR count). The summed E-state index contributed by atoms with van der Waals surface area (Å²) < 4.78 is 12.9. The van der Waals surface area contributed by atoms with E-state index in [0.29, 0.717) is 25.2 Å². The number of aromatic amines is 1. The van der Waals surface area contributed by atoms with Crippen LogP contribution in [0.2, 0.25) is 0 Å². The van der Waals surface area contributed by atoms with E-state index in [2.05, 4.69) is 52.2 Å². The number of H-pyrrole nitrogens is 1. The summed E-state index contributed by atoms with van der Waals surface area (Å²) in [6.07, 6.45) is 3.40. The van der Waals surface area contributed by atoms with Gasteiger partial charge < -0.3 is 14.1 Å². The normalized spacial score (nSPS) is 12.3. The number of fused-ring (bicyclic) bond motifs is 1. The van der Waals surface area contributed by atoms with Crippen LogP contribution in [0.15, 0.2) is 70.1 Å². The van der Waals surface area contributed by atoms with E-state index in [0.717, 1.165) is 52.2 Å². The smallest absolute Gasteiger partial charge is 0.252 e.